The van der Waals surface area contributed by atoms with Crippen molar-refractivity contribution in [2.45, 2.75) is 116 Å². The molecule has 0 aromatic heterocycles. The molecule has 3 rings (SSSR count). The van der Waals surface area contributed by atoms with Crippen LogP contribution in [-0.2, 0) is 0 Å². The van der Waals surface area contributed by atoms with Gasteiger partial charge in [0, 0.05) is 0 Å². The van der Waals surface area contributed by atoms with Crippen molar-refractivity contribution in [1.82, 2.24) is 0 Å². The van der Waals surface area contributed by atoms with Crippen LogP contribution in [0.1, 0.15) is 127 Å². The highest BCUT2D eigenvalue weighted by Crippen LogP contribution is 2.40. The Balaban J connectivity index is 1.45. The summed E-state index contributed by atoms with van der Waals surface area (Å²) in [5, 5.41) is 0. The van der Waals surface area contributed by atoms with Gasteiger partial charge in [0.05, 0.1) is 0 Å². The first kappa shape index (κ1) is 20.0. The fourth-order valence-corrected chi connectivity index (χ4v) is 5.70. The Bertz CT molecular complexity index is 483. The minimum Gasteiger partial charge on any atom is -0.0654 e. The number of hydrogen-bond acceptors (Lipinski definition) is 0. The third-order valence-corrected chi connectivity index (χ3v) is 7.49. The summed E-state index contributed by atoms with van der Waals surface area (Å²) in [7, 11) is 0. The molecule has 0 aliphatic heterocycles. The van der Waals surface area contributed by atoms with E-state index in [9.17, 15) is 0 Å². The largest absolute Gasteiger partial charge is 0.0654 e. The maximum absolute atomic E-state index is 2.48. The van der Waals surface area contributed by atoms with Crippen molar-refractivity contribution >= 4 is 0 Å². The molecule has 0 atom stereocenters. The molecule has 0 saturated heterocycles. The van der Waals surface area contributed by atoms with Gasteiger partial charge in [-0.3, -0.25) is 0 Å². The number of benzene rings is 1. The summed E-state index contributed by atoms with van der Waals surface area (Å²) in [6.45, 7) is 4.65. The molecule has 0 unspecified atom stereocenters. The van der Waals surface area contributed by atoms with Gasteiger partial charge in [0.2, 0.25) is 0 Å². The lowest BCUT2D eigenvalue weighted by molar-refractivity contribution is 0.302. The average Bonchev–Trinajstić information content (AvgIpc) is 2.70. The highest BCUT2D eigenvalue weighted by molar-refractivity contribution is 5.28. The molecular weight excluding hydrogens is 312 g/mol. The van der Waals surface area contributed by atoms with E-state index in [4.69, 9.17) is 0 Å². The fraction of sp³-hybridized carbons (Fsp3) is 0.769. The van der Waals surface area contributed by atoms with Crippen LogP contribution in [0.2, 0.25) is 0 Å². The Morgan fingerprint density at radius 3 is 1.46 bits per heavy atom. The Morgan fingerprint density at radius 1 is 0.577 bits per heavy atom. The van der Waals surface area contributed by atoms with Crippen molar-refractivity contribution < 1.29 is 0 Å². The molecule has 2 aliphatic carbocycles. The normalized spacial score (nSPS) is 29.6. The lowest BCUT2D eigenvalue weighted by Gasteiger charge is -2.30. The van der Waals surface area contributed by atoms with Crippen LogP contribution in [0.5, 0.6) is 0 Å². The molecule has 0 N–H and O–H groups in total. The zero-order valence-electron chi connectivity index (χ0n) is 17.5. The third kappa shape index (κ3) is 5.61. The molecule has 2 fully saturated rings. The van der Waals surface area contributed by atoms with E-state index in [1.54, 1.807) is 11.1 Å². The SMILES string of the molecule is CCCCC[C@H]1CC[C@H](c2ccc([C@H]3CC[C@H](CCC)CC3)cc2)CC1. The third-order valence-electron chi connectivity index (χ3n) is 7.49. The van der Waals surface area contributed by atoms with E-state index in [-0.39, 0.29) is 0 Å². The van der Waals surface area contributed by atoms with Crippen molar-refractivity contribution in [3.05, 3.63) is 35.4 Å². The molecule has 26 heavy (non-hydrogen) atoms. The molecule has 146 valence electrons. The van der Waals surface area contributed by atoms with Crippen LogP contribution in [0.3, 0.4) is 0 Å². The van der Waals surface area contributed by atoms with Gasteiger partial charge in [0.1, 0.15) is 0 Å². The van der Waals surface area contributed by atoms with E-state index in [0.717, 1.165) is 23.7 Å². The maximum Gasteiger partial charge on any atom is -0.0162 e. The van der Waals surface area contributed by atoms with E-state index in [0.29, 0.717) is 0 Å². The van der Waals surface area contributed by atoms with Crippen LogP contribution in [0.25, 0.3) is 0 Å². The van der Waals surface area contributed by atoms with Gasteiger partial charge in [0.25, 0.3) is 0 Å². The molecule has 1 aromatic rings. The van der Waals surface area contributed by atoms with Crippen molar-refractivity contribution in [2.75, 3.05) is 0 Å². The van der Waals surface area contributed by atoms with Crippen LogP contribution in [0.15, 0.2) is 24.3 Å². The molecule has 0 bridgehead atoms. The van der Waals surface area contributed by atoms with Crippen LogP contribution in [0, 0.1) is 11.8 Å². The van der Waals surface area contributed by atoms with Crippen molar-refractivity contribution in [3.63, 3.8) is 0 Å². The van der Waals surface area contributed by atoms with E-state index >= 15 is 0 Å². The number of unbranched alkanes of at least 4 members (excludes halogenated alkanes) is 2. The first-order valence-corrected chi connectivity index (χ1v) is 11.9. The van der Waals surface area contributed by atoms with Crippen molar-refractivity contribution in [3.8, 4) is 0 Å². The first-order chi connectivity index (χ1) is 12.8. The Labute approximate surface area is 163 Å². The van der Waals surface area contributed by atoms with Gasteiger partial charge < -0.3 is 0 Å². The molecule has 0 heteroatoms. The molecule has 0 nitrogen and oxygen atoms in total. The summed E-state index contributed by atoms with van der Waals surface area (Å²) >= 11 is 0. The zero-order valence-corrected chi connectivity index (χ0v) is 17.5. The van der Waals surface area contributed by atoms with E-state index < -0.39 is 0 Å². The van der Waals surface area contributed by atoms with Gasteiger partial charge in [-0.05, 0) is 86.2 Å². The molecule has 2 aliphatic rings. The van der Waals surface area contributed by atoms with Gasteiger partial charge in [-0.15, -0.1) is 0 Å². The van der Waals surface area contributed by atoms with Crippen LogP contribution in [-0.4, -0.2) is 0 Å². The Morgan fingerprint density at radius 2 is 1.04 bits per heavy atom. The molecule has 0 radical (unpaired) electrons. The lowest BCUT2D eigenvalue weighted by atomic mass is 9.75. The smallest absolute Gasteiger partial charge is 0.0162 e. The molecule has 0 heterocycles. The van der Waals surface area contributed by atoms with Crippen molar-refractivity contribution in [2.24, 2.45) is 11.8 Å². The van der Waals surface area contributed by atoms with Crippen LogP contribution < -0.4 is 0 Å². The summed E-state index contributed by atoms with van der Waals surface area (Å²) in [5.74, 6) is 3.72. The highest BCUT2D eigenvalue weighted by atomic mass is 14.3. The molecule has 0 spiro atoms. The fourth-order valence-electron chi connectivity index (χ4n) is 5.70. The summed E-state index contributed by atoms with van der Waals surface area (Å²) in [6, 6.07) is 9.92. The average molecular weight is 355 g/mol. The maximum atomic E-state index is 2.48. The second-order valence-corrected chi connectivity index (χ2v) is 9.39. The summed E-state index contributed by atoms with van der Waals surface area (Å²) in [4.78, 5) is 0. The van der Waals surface area contributed by atoms with E-state index in [1.165, 1.54) is 89.9 Å². The topological polar surface area (TPSA) is 0 Å². The number of rotatable bonds is 8. The minimum atomic E-state index is 0.839. The van der Waals surface area contributed by atoms with E-state index in [1.807, 2.05) is 0 Å². The van der Waals surface area contributed by atoms with Gasteiger partial charge >= 0.3 is 0 Å². The monoisotopic (exact) mass is 354 g/mol. The van der Waals surface area contributed by atoms with Gasteiger partial charge in [0.15, 0.2) is 0 Å². The summed E-state index contributed by atoms with van der Waals surface area (Å²) in [6.07, 6.45) is 20.1. The zero-order chi connectivity index (χ0) is 18.2. The molecule has 1 aromatic carbocycles. The molecule has 2 saturated carbocycles. The predicted molar refractivity (Wildman–Crippen MR) is 115 cm³/mol. The summed E-state index contributed by atoms with van der Waals surface area (Å²) < 4.78 is 0. The molecular formula is C26H42. The lowest BCUT2D eigenvalue weighted by Crippen LogP contribution is -2.14. The quantitative estimate of drug-likeness (QED) is 0.410. The second kappa shape index (κ2) is 10.5. The summed E-state index contributed by atoms with van der Waals surface area (Å²) in [5.41, 5.74) is 3.25. The minimum absolute atomic E-state index is 0.839. The molecule has 0 amide bonds. The Kier molecular flexibility index (Phi) is 8.08. The number of hydrogen-bond donors (Lipinski definition) is 0. The van der Waals surface area contributed by atoms with Crippen molar-refractivity contribution in [1.29, 1.82) is 0 Å². The van der Waals surface area contributed by atoms with Gasteiger partial charge in [-0.2, -0.15) is 0 Å². The predicted octanol–water partition coefficient (Wildman–Crippen LogP) is 8.61. The standard InChI is InChI=1S/C26H42/c1-3-5-6-8-22-11-15-24(16-12-22)26-19-17-25(18-20-26)23-13-9-21(7-4-2)10-14-23/h17-24H,3-16H2,1-2H3/t21-,22-,23-,24-. The Hall–Kier alpha value is -0.780. The highest BCUT2D eigenvalue weighted by Gasteiger charge is 2.24. The van der Waals surface area contributed by atoms with Gasteiger partial charge in [-0.1, -0.05) is 76.6 Å². The second-order valence-electron chi connectivity index (χ2n) is 9.39. The van der Waals surface area contributed by atoms with Crippen LogP contribution >= 0.6 is 0 Å². The van der Waals surface area contributed by atoms with Gasteiger partial charge in [-0.25, -0.2) is 0 Å². The first-order valence-electron chi connectivity index (χ1n) is 11.9. The van der Waals surface area contributed by atoms with Crippen LogP contribution in [0.4, 0.5) is 0 Å². The van der Waals surface area contributed by atoms with E-state index in [2.05, 4.69) is 38.1 Å².